The van der Waals surface area contributed by atoms with E-state index in [2.05, 4.69) is 14.9 Å². The maximum absolute atomic E-state index is 12.6. The molecule has 1 N–H and O–H groups in total. The Morgan fingerprint density at radius 1 is 1.23 bits per heavy atom. The number of carbonyl (C=O) groups is 1. The summed E-state index contributed by atoms with van der Waals surface area (Å²) in [6.45, 7) is 2.21. The molecule has 2 saturated heterocycles. The first-order chi connectivity index (χ1) is 10.4. The molecular weight excluding hydrogens is 297 g/mol. The fraction of sp³-hybridized carbons (Fsp3) is 0.714. The lowest BCUT2D eigenvalue weighted by Crippen LogP contribution is -2.45. The monoisotopic (exact) mass is 316 g/mol. The molecule has 2 fully saturated rings. The van der Waals surface area contributed by atoms with E-state index < -0.39 is 11.9 Å². The number of halogens is 3. The Bertz CT molecular complexity index is 549. The molecule has 1 amide bonds. The molecule has 0 aliphatic carbocycles. The van der Waals surface area contributed by atoms with Crippen LogP contribution in [0.3, 0.4) is 0 Å². The molecule has 122 valence electrons. The zero-order valence-electron chi connectivity index (χ0n) is 12.4. The van der Waals surface area contributed by atoms with Crippen LogP contribution in [0.4, 0.5) is 13.2 Å². The number of nitrogens with one attached hydrogen (secondary N) is 1. The molecule has 0 bridgehead atoms. The lowest BCUT2D eigenvalue weighted by molar-refractivity contribution is -0.141. The Hall–Kier alpha value is -1.57. The molecule has 3 heterocycles. The Balaban J connectivity index is 1.60. The number of carbonyl (C=O) groups excluding carboxylic acids is 1. The second-order valence-electron chi connectivity index (χ2n) is 6.05. The average Bonchev–Trinajstić information content (AvgIpc) is 3.08. The first-order valence-electron chi connectivity index (χ1n) is 7.47. The largest absolute Gasteiger partial charge is 0.432 e. The number of likely N-dealkylation sites (N-methyl/N-ethyl adjacent to an activating group) is 1. The van der Waals surface area contributed by atoms with Crippen molar-refractivity contribution in [3.05, 3.63) is 17.7 Å². The van der Waals surface area contributed by atoms with Gasteiger partial charge in [0.2, 0.25) is 5.91 Å². The smallest absolute Gasteiger partial charge is 0.344 e. The fourth-order valence-corrected chi connectivity index (χ4v) is 3.32. The summed E-state index contributed by atoms with van der Waals surface area (Å²) in [4.78, 5) is 22.2. The van der Waals surface area contributed by atoms with Gasteiger partial charge in [-0.05, 0) is 32.4 Å². The summed E-state index contributed by atoms with van der Waals surface area (Å²) in [7, 11) is 1.80. The van der Waals surface area contributed by atoms with Crippen molar-refractivity contribution in [2.75, 3.05) is 26.7 Å². The number of nitrogens with zero attached hydrogens (tertiary/aromatic N) is 3. The Labute approximate surface area is 126 Å². The predicted octanol–water partition coefficient (Wildman–Crippen LogP) is 1.84. The molecular formula is C14H19F3N4O. The lowest BCUT2D eigenvalue weighted by atomic mass is 9.95. The zero-order valence-corrected chi connectivity index (χ0v) is 12.4. The maximum atomic E-state index is 12.6. The fourth-order valence-electron chi connectivity index (χ4n) is 3.32. The van der Waals surface area contributed by atoms with Gasteiger partial charge >= 0.3 is 6.18 Å². The predicted molar refractivity (Wildman–Crippen MR) is 73.2 cm³/mol. The first-order valence-corrected chi connectivity index (χ1v) is 7.47. The Morgan fingerprint density at radius 3 is 2.41 bits per heavy atom. The standard InChI is InChI=1S/C14H19F3N4O/c1-20-5-4-10(13(20)22)21-6-2-9(3-7-21)12-18-8-11(19-12)14(15,16)17/h8-10H,2-7H2,1H3,(H,18,19)/t10-/m1/s1. The van der Waals surface area contributed by atoms with Crippen LogP contribution in [0.5, 0.6) is 0 Å². The van der Waals surface area contributed by atoms with Gasteiger partial charge in [0.05, 0.1) is 12.2 Å². The van der Waals surface area contributed by atoms with E-state index in [0.717, 1.165) is 45.1 Å². The van der Waals surface area contributed by atoms with Crippen LogP contribution in [0, 0.1) is 0 Å². The zero-order chi connectivity index (χ0) is 15.9. The molecule has 0 saturated carbocycles. The highest BCUT2D eigenvalue weighted by Crippen LogP contribution is 2.32. The van der Waals surface area contributed by atoms with Crippen molar-refractivity contribution in [1.29, 1.82) is 0 Å². The number of amides is 1. The number of hydrogen-bond acceptors (Lipinski definition) is 3. The molecule has 1 atom stereocenters. The maximum Gasteiger partial charge on any atom is 0.432 e. The minimum Gasteiger partial charge on any atom is -0.344 e. The van der Waals surface area contributed by atoms with E-state index in [0.29, 0.717) is 5.82 Å². The van der Waals surface area contributed by atoms with E-state index in [-0.39, 0.29) is 17.9 Å². The number of piperidine rings is 1. The number of likely N-dealkylation sites (tertiary alicyclic amines) is 2. The van der Waals surface area contributed by atoms with Gasteiger partial charge in [-0.15, -0.1) is 0 Å². The van der Waals surface area contributed by atoms with Crippen molar-refractivity contribution < 1.29 is 18.0 Å². The molecule has 8 heteroatoms. The second kappa shape index (κ2) is 5.57. The summed E-state index contributed by atoms with van der Waals surface area (Å²) in [6.07, 6.45) is -1.25. The summed E-state index contributed by atoms with van der Waals surface area (Å²) >= 11 is 0. The van der Waals surface area contributed by atoms with Crippen molar-refractivity contribution in [3.63, 3.8) is 0 Å². The van der Waals surface area contributed by atoms with Crippen LogP contribution in [0.25, 0.3) is 0 Å². The van der Waals surface area contributed by atoms with Gasteiger partial charge in [-0.1, -0.05) is 0 Å². The summed E-state index contributed by atoms with van der Waals surface area (Å²) < 4.78 is 37.8. The van der Waals surface area contributed by atoms with Crippen LogP contribution in [0.1, 0.15) is 36.7 Å². The van der Waals surface area contributed by atoms with Gasteiger partial charge < -0.3 is 9.88 Å². The Morgan fingerprint density at radius 2 is 1.91 bits per heavy atom. The number of imidazole rings is 1. The van der Waals surface area contributed by atoms with Crippen molar-refractivity contribution >= 4 is 5.91 Å². The van der Waals surface area contributed by atoms with Gasteiger partial charge in [-0.2, -0.15) is 13.2 Å². The van der Waals surface area contributed by atoms with Crippen molar-refractivity contribution in [2.24, 2.45) is 0 Å². The minimum atomic E-state index is -4.38. The molecule has 1 aromatic heterocycles. The van der Waals surface area contributed by atoms with Crippen molar-refractivity contribution in [3.8, 4) is 0 Å². The number of H-pyrrole nitrogens is 1. The van der Waals surface area contributed by atoms with Crippen LogP contribution in [0.15, 0.2) is 6.20 Å². The summed E-state index contributed by atoms with van der Waals surface area (Å²) in [5.74, 6) is 0.555. The highest BCUT2D eigenvalue weighted by Gasteiger charge is 2.37. The van der Waals surface area contributed by atoms with Crippen LogP contribution < -0.4 is 0 Å². The highest BCUT2D eigenvalue weighted by atomic mass is 19.4. The summed E-state index contributed by atoms with van der Waals surface area (Å²) in [5.41, 5.74) is -0.794. The second-order valence-corrected chi connectivity index (χ2v) is 6.05. The van der Waals surface area contributed by atoms with E-state index in [9.17, 15) is 18.0 Å². The van der Waals surface area contributed by atoms with E-state index in [1.807, 2.05) is 0 Å². The molecule has 2 aliphatic heterocycles. The van der Waals surface area contributed by atoms with Gasteiger partial charge in [0, 0.05) is 19.5 Å². The third kappa shape index (κ3) is 2.84. The molecule has 22 heavy (non-hydrogen) atoms. The quantitative estimate of drug-likeness (QED) is 0.906. The van der Waals surface area contributed by atoms with E-state index in [1.165, 1.54) is 0 Å². The van der Waals surface area contributed by atoms with E-state index in [4.69, 9.17) is 0 Å². The summed E-state index contributed by atoms with van der Waals surface area (Å²) in [5, 5.41) is 0. The number of alkyl halides is 3. The number of rotatable bonds is 2. The van der Waals surface area contributed by atoms with Crippen molar-refractivity contribution in [2.45, 2.75) is 37.4 Å². The number of aromatic amines is 1. The number of aromatic nitrogens is 2. The van der Waals surface area contributed by atoms with E-state index >= 15 is 0 Å². The van der Waals surface area contributed by atoms with Crippen LogP contribution in [-0.4, -0.2) is 58.4 Å². The van der Waals surface area contributed by atoms with Crippen LogP contribution in [-0.2, 0) is 11.0 Å². The van der Waals surface area contributed by atoms with Gasteiger partial charge in [0.1, 0.15) is 11.5 Å². The van der Waals surface area contributed by atoms with Gasteiger partial charge in [0.15, 0.2) is 0 Å². The van der Waals surface area contributed by atoms with Crippen LogP contribution >= 0.6 is 0 Å². The number of hydrogen-bond donors (Lipinski definition) is 1. The first kappa shape index (κ1) is 15.3. The molecule has 0 spiro atoms. The molecule has 0 aromatic carbocycles. The normalized spacial score (nSPS) is 25.2. The van der Waals surface area contributed by atoms with Crippen LogP contribution in [0.2, 0.25) is 0 Å². The third-order valence-electron chi connectivity index (χ3n) is 4.66. The SMILES string of the molecule is CN1CC[C@@H](N2CCC(c3ncc(C(F)(F)F)[nH]3)CC2)C1=O. The minimum absolute atomic E-state index is 0.00147. The molecule has 2 aliphatic rings. The van der Waals surface area contributed by atoms with Gasteiger partial charge in [-0.3, -0.25) is 9.69 Å². The third-order valence-corrected chi connectivity index (χ3v) is 4.66. The molecule has 3 rings (SSSR count). The molecule has 1 aromatic rings. The van der Waals surface area contributed by atoms with Crippen molar-refractivity contribution in [1.82, 2.24) is 19.8 Å². The lowest BCUT2D eigenvalue weighted by Gasteiger charge is -2.34. The van der Waals surface area contributed by atoms with Gasteiger partial charge in [0.25, 0.3) is 0 Å². The molecule has 0 unspecified atom stereocenters. The molecule has 5 nitrogen and oxygen atoms in total. The van der Waals surface area contributed by atoms with E-state index in [1.54, 1.807) is 11.9 Å². The topological polar surface area (TPSA) is 52.2 Å². The molecule has 0 radical (unpaired) electrons. The highest BCUT2D eigenvalue weighted by molar-refractivity contribution is 5.83. The summed E-state index contributed by atoms with van der Waals surface area (Å²) in [6, 6.07) is -0.0618. The Kier molecular flexibility index (Phi) is 3.88. The van der Waals surface area contributed by atoms with Gasteiger partial charge in [-0.25, -0.2) is 4.98 Å². The average molecular weight is 316 g/mol.